The van der Waals surface area contributed by atoms with Crippen molar-refractivity contribution >= 4 is 11.8 Å². The topological polar surface area (TPSA) is 29.0 Å². The molecule has 0 saturated carbocycles. The molecule has 0 aliphatic heterocycles. The Labute approximate surface area is 103 Å². The molecule has 0 saturated heterocycles. The van der Waals surface area contributed by atoms with Crippen molar-refractivity contribution in [1.29, 1.82) is 0 Å². The Balaban J connectivity index is 2.33. The van der Waals surface area contributed by atoms with Crippen molar-refractivity contribution < 1.29 is 0 Å². The van der Waals surface area contributed by atoms with Gasteiger partial charge >= 0.3 is 0 Å². The van der Waals surface area contributed by atoms with Crippen LogP contribution in [0.2, 0.25) is 0 Å². The number of hydrogen-bond acceptors (Lipinski definition) is 4. The van der Waals surface area contributed by atoms with Gasteiger partial charge in [0.15, 0.2) is 5.16 Å². The van der Waals surface area contributed by atoms with Crippen molar-refractivity contribution in [2.75, 3.05) is 26.4 Å². The first-order valence-electron chi connectivity index (χ1n) is 5.81. The molecular weight excluding hydrogens is 218 g/mol. The molecule has 1 aromatic rings. The number of thioether (sulfide) groups is 1. The molecule has 16 heavy (non-hydrogen) atoms. The maximum Gasteiger partial charge on any atom is 0.187 e. The Hall–Kier alpha value is -0.610. The van der Waals surface area contributed by atoms with Gasteiger partial charge in [-0.25, -0.2) is 9.97 Å². The van der Waals surface area contributed by atoms with E-state index in [1.54, 1.807) is 11.8 Å². The predicted molar refractivity (Wildman–Crippen MR) is 69.9 cm³/mol. The molecule has 0 spiro atoms. The first kappa shape index (κ1) is 13.5. The first-order chi connectivity index (χ1) is 7.72. The number of aryl methyl sites for hydroxylation is 1. The highest BCUT2D eigenvalue weighted by atomic mass is 32.2. The lowest BCUT2D eigenvalue weighted by Gasteiger charge is -2.08. The minimum Gasteiger partial charge on any atom is -0.309 e. The lowest BCUT2D eigenvalue weighted by atomic mass is 10.2. The molecule has 1 aromatic heterocycles. The summed E-state index contributed by atoms with van der Waals surface area (Å²) in [5, 5.41) is 0.901. The van der Waals surface area contributed by atoms with E-state index < -0.39 is 0 Å². The summed E-state index contributed by atoms with van der Waals surface area (Å²) in [4.78, 5) is 10.9. The summed E-state index contributed by atoms with van der Waals surface area (Å²) in [5.74, 6) is 1.10. The molecule has 1 rings (SSSR count). The predicted octanol–water partition coefficient (Wildman–Crippen LogP) is 2.47. The standard InChI is InChI=1S/C12H21N3S/c1-4-8-16-12-13-9-11(10-14-12)6-5-7-15(2)3/h9-10H,4-8H2,1-3H3. The molecule has 0 unspecified atom stereocenters. The quantitative estimate of drug-likeness (QED) is 0.540. The Morgan fingerprint density at radius 1 is 1.25 bits per heavy atom. The molecule has 0 amide bonds. The lowest BCUT2D eigenvalue weighted by Crippen LogP contribution is -2.13. The smallest absolute Gasteiger partial charge is 0.187 e. The van der Waals surface area contributed by atoms with Crippen molar-refractivity contribution in [3.63, 3.8) is 0 Å². The second kappa shape index (κ2) is 7.63. The second-order valence-corrected chi connectivity index (χ2v) is 5.19. The molecule has 0 aromatic carbocycles. The minimum atomic E-state index is 0.901. The van der Waals surface area contributed by atoms with Crippen molar-refractivity contribution in [3.05, 3.63) is 18.0 Å². The van der Waals surface area contributed by atoms with Crippen LogP contribution in [0.5, 0.6) is 0 Å². The van der Waals surface area contributed by atoms with Crippen LogP contribution in [0.15, 0.2) is 17.6 Å². The maximum atomic E-state index is 4.35. The zero-order valence-corrected chi connectivity index (χ0v) is 11.3. The summed E-state index contributed by atoms with van der Waals surface area (Å²) < 4.78 is 0. The van der Waals surface area contributed by atoms with Gasteiger partial charge in [0.25, 0.3) is 0 Å². The molecule has 0 fully saturated rings. The van der Waals surface area contributed by atoms with Gasteiger partial charge in [-0.15, -0.1) is 0 Å². The minimum absolute atomic E-state index is 0.901. The lowest BCUT2D eigenvalue weighted by molar-refractivity contribution is 0.400. The van der Waals surface area contributed by atoms with Crippen LogP contribution >= 0.6 is 11.8 Å². The number of rotatable bonds is 7. The molecule has 0 aliphatic carbocycles. The van der Waals surface area contributed by atoms with Crippen LogP contribution in [0, 0.1) is 0 Å². The van der Waals surface area contributed by atoms with E-state index >= 15 is 0 Å². The Morgan fingerprint density at radius 2 is 1.94 bits per heavy atom. The van der Waals surface area contributed by atoms with Gasteiger partial charge < -0.3 is 4.90 Å². The maximum absolute atomic E-state index is 4.35. The molecule has 0 N–H and O–H groups in total. The summed E-state index contributed by atoms with van der Waals surface area (Å²) in [5.41, 5.74) is 1.24. The first-order valence-corrected chi connectivity index (χ1v) is 6.79. The van der Waals surface area contributed by atoms with Crippen LogP contribution in [0.3, 0.4) is 0 Å². The van der Waals surface area contributed by atoms with E-state index in [9.17, 15) is 0 Å². The number of aromatic nitrogens is 2. The van der Waals surface area contributed by atoms with Crippen LogP contribution in [0.1, 0.15) is 25.3 Å². The van der Waals surface area contributed by atoms with Crippen LogP contribution in [-0.4, -0.2) is 41.3 Å². The molecule has 0 atom stereocenters. The fourth-order valence-corrected chi connectivity index (χ4v) is 1.98. The van der Waals surface area contributed by atoms with E-state index in [0.717, 1.165) is 30.3 Å². The third-order valence-electron chi connectivity index (χ3n) is 2.19. The van der Waals surface area contributed by atoms with E-state index in [4.69, 9.17) is 0 Å². The van der Waals surface area contributed by atoms with Gasteiger partial charge in [0, 0.05) is 18.1 Å². The van der Waals surface area contributed by atoms with Crippen molar-refractivity contribution in [2.24, 2.45) is 0 Å². The molecule has 0 radical (unpaired) electrons. The van der Waals surface area contributed by atoms with Crippen molar-refractivity contribution in [3.8, 4) is 0 Å². The van der Waals surface area contributed by atoms with Crippen LogP contribution in [0.25, 0.3) is 0 Å². The van der Waals surface area contributed by atoms with Gasteiger partial charge in [-0.1, -0.05) is 18.7 Å². The van der Waals surface area contributed by atoms with Gasteiger partial charge in [0.2, 0.25) is 0 Å². The molecule has 4 heteroatoms. The fraction of sp³-hybridized carbons (Fsp3) is 0.667. The summed E-state index contributed by atoms with van der Waals surface area (Å²) >= 11 is 1.73. The summed E-state index contributed by atoms with van der Waals surface area (Å²) in [6, 6.07) is 0. The Bertz CT molecular complexity index is 285. The van der Waals surface area contributed by atoms with E-state index in [2.05, 4.69) is 35.9 Å². The number of nitrogens with zero attached hydrogens (tertiary/aromatic N) is 3. The van der Waals surface area contributed by atoms with E-state index in [0.29, 0.717) is 0 Å². The average Bonchev–Trinajstić information content (AvgIpc) is 2.27. The largest absolute Gasteiger partial charge is 0.309 e. The van der Waals surface area contributed by atoms with Gasteiger partial charge in [0.1, 0.15) is 0 Å². The number of hydrogen-bond donors (Lipinski definition) is 0. The third-order valence-corrected chi connectivity index (χ3v) is 3.27. The third kappa shape index (κ3) is 5.47. The Kier molecular flexibility index (Phi) is 6.42. The summed E-state index contributed by atoms with van der Waals surface area (Å²) in [7, 11) is 4.20. The van der Waals surface area contributed by atoms with E-state index in [1.807, 2.05) is 12.4 Å². The average molecular weight is 239 g/mol. The van der Waals surface area contributed by atoms with Gasteiger partial charge in [-0.3, -0.25) is 0 Å². The Morgan fingerprint density at radius 3 is 2.50 bits per heavy atom. The van der Waals surface area contributed by atoms with E-state index in [1.165, 1.54) is 12.0 Å². The highest BCUT2D eigenvalue weighted by Crippen LogP contribution is 2.13. The van der Waals surface area contributed by atoms with Crippen molar-refractivity contribution in [1.82, 2.24) is 14.9 Å². The van der Waals surface area contributed by atoms with Gasteiger partial charge in [-0.2, -0.15) is 0 Å². The van der Waals surface area contributed by atoms with Crippen molar-refractivity contribution in [2.45, 2.75) is 31.3 Å². The highest BCUT2D eigenvalue weighted by molar-refractivity contribution is 7.99. The summed E-state index contributed by atoms with van der Waals surface area (Å²) in [6.45, 7) is 3.29. The molecule has 1 heterocycles. The molecular formula is C12H21N3S. The van der Waals surface area contributed by atoms with Crippen LogP contribution in [0.4, 0.5) is 0 Å². The molecule has 0 aliphatic rings. The molecule has 90 valence electrons. The molecule has 3 nitrogen and oxygen atoms in total. The monoisotopic (exact) mass is 239 g/mol. The SMILES string of the molecule is CCCSc1ncc(CCCN(C)C)cn1. The zero-order valence-electron chi connectivity index (χ0n) is 10.4. The van der Waals surface area contributed by atoms with E-state index in [-0.39, 0.29) is 0 Å². The zero-order chi connectivity index (χ0) is 11.8. The van der Waals surface area contributed by atoms with Gasteiger partial charge in [-0.05, 0) is 45.5 Å². The highest BCUT2D eigenvalue weighted by Gasteiger charge is 1.99. The normalized spacial score (nSPS) is 11.0. The van der Waals surface area contributed by atoms with Crippen LogP contribution in [-0.2, 0) is 6.42 Å². The van der Waals surface area contributed by atoms with Crippen LogP contribution < -0.4 is 0 Å². The fourth-order valence-electron chi connectivity index (χ4n) is 1.34. The van der Waals surface area contributed by atoms with Gasteiger partial charge in [0.05, 0.1) is 0 Å². The second-order valence-electron chi connectivity index (χ2n) is 4.13. The summed E-state index contributed by atoms with van der Waals surface area (Å²) in [6.07, 6.45) is 7.31. The molecule has 0 bridgehead atoms.